The Labute approximate surface area is 78.6 Å². The Morgan fingerprint density at radius 1 is 1.17 bits per heavy atom. The van der Waals surface area contributed by atoms with Crippen LogP contribution >= 0.6 is 11.6 Å². The summed E-state index contributed by atoms with van der Waals surface area (Å²) < 4.78 is 0. The molecule has 1 aromatic carbocycles. The maximum Gasteiger partial charge on any atom is 0.0254 e. The topological polar surface area (TPSA) is 0 Å². The standard InChI is InChI=1S/C11H13Cl/c12-8-11-7-10(11)6-9-4-2-1-3-5-9/h1-5,10-11H,6-8H2. The van der Waals surface area contributed by atoms with Crippen LogP contribution in [0.4, 0.5) is 0 Å². The van der Waals surface area contributed by atoms with E-state index in [2.05, 4.69) is 30.3 Å². The lowest BCUT2D eigenvalue weighted by atomic mass is 10.1. The molecule has 1 heteroatoms. The van der Waals surface area contributed by atoms with E-state index in [4.69, 9.17) is 11.6 Å². The van der Waals surface area contributed by atoms with Gasteiger partial charge in [0.1, 0.15) is 0 Å². The molecule has 0 aromatic heterocycles. The Morgan fingerprint density at radius 3 is 2.50 bits per heavy atom. The number of benzene rings is 1. The number of rotatable bonds is 3. The van der Waals surface area contributed by atoms with E-state index < -0.39 is 0 Å². The molecule has 2 unspecified atom stereocenters. The third kappa shape index (κ3) is 1.81. The molecule has 1 aromatic rings. The summed E-state index contributed by atoms with van der Waals surface area (Å²) in [6.45, 7) is 0. The van der Waals surface area contributed by atoms with Crippen molar-refractivity contribution in [2.75, 3.05) is 5.88 Å². The Morgan fingerprint density at radius 2 is 1.92 bits per heavy atom. The Kier molecular flexibility index (Phi) is 2.36. The first-order chi connectivity index (χ1) is 5.90. The second kappa shape index (κ2) is 3.49. The molecule has 2 rings (SSSR count). The van der Waals surface area contributed by atoms with Crippen molar-refractivity contribution < 1.29 is 0 Å². The lowest BCUT2D eigenvalue weighted by Gasteiger charge is -1.97. The second-order valence-corrected chi connectivity index (χ2v) is 3.91. The third-order valence-electron chi connectivity index (χ3n) is 2.61. The maximum atomic E-state index is 5.76. The van der Waals surface area contributed by atoms with Crippen LogP contribution < -0.4 is 0 Å². The van der Waals surface area contributed by atoms with Crippen molar-refractivity contribution in [2.24, 2.45) is 11.8 Å². The summed E-state index contributed by atoms with van der Waals surface area (Å²) in [5.74, 6) is 2.51. The first-order valence-electron chi connectivity index (χ1n) is 4.50. The van der Waals surface area contributed by atoms with Gasteiger partial charge in [-0.05, 0) is 30.2 Å². The van der Waals surface area contributed by atoms with Gasteiger partial charge in [0, 0.05) is 5.88 Å². The van der Waals surface area contributed by atoms with E-state index >= 15 is 0 Å². The fourth-order valence-corrected chi connectivity index (χ4v) is 2.04. The highest BCUT2D eigenvalue weighted by Gasteiger charge is 2.35. The molecule has 0 amide bonds. The fourth-order valence-electron chi connectivity index (χ4n) is 1.67. The van der Waals surface area contributed by atoms with Crippen LogP contribution in [0.15, 0.2) is 30.3 Å². The SMILES string of the molecule is ClCC1CC1Cc1ccccc1. The second-order valence-electron chi connectivity index (χ2n) is 3.60. The Hall–Kier alpha value is -0.490. The van der Waals surface area contributed by atoms with Crippen molar-refractivity contribution in [1.29, 1.82) is 0 Å². The molecule has 0 nitrogen and oxygen atoms in total. The normalized spacial score (nSPS) is 27.1. The van der Waals surface area contributed by atoms with E-state index in [9.17, 15) is 0 Å². The molecule has 1 saturated carbocycles. The van der Waals surface area contributed by atoms with Crippen molar-refractivity contribution in [1.82, 2.24) is 0 Å². The van der Waals surface area contributed by atoms with Gasteiger partial charge in [-0.2, -0.15) is 0 Å². The van der Waals surface area contributed by atoms with Crippen LogP contribution in [0.25, 0.3) is 0 Å². The number of hydrogen-bond acceptors (Lipinski definition) is 0. The van der Waals surface area contributed by atoms with Gasteiger partial charge >= 0.3 is 0 Å². The lowest BCUT2D eigenvalue weighted by molar-refractivity contribution is 0.751. The molecule has 2 atom stereocenters. The molecule has 0 heterocycles. The predicted octanol–water partition coefficient (Wildman–Crippen LogP) is 3.10. The number of alkyl halides is 1. The predicted molar refractivity (Wildman–Crippen MR) is 52.5 cm³/mol. The maximum absolute atomic E-state index is 5.76. The monoisotopic (exact) mass is 180 g/mol. The van der Waals surface area contributed by atoms with Crippen LogP contribution in [0, 0.1) is 11.8 Å². The van der Waals surface area contributed by atoms with Gasteiger partial charge in [0.25, 0.3) is 0 Å². The van der Waals surface area contributed by atoms with Crippen LogP contribution in [0.3, 0.4) is 0 Å². The van der Waals surface area contributed by atoms with Gasteiger partial charge in [-0.1, -0.05) is 30.3 Å². The first-order valence-corrected chi connectivity index (χ1v) is 5.03. The largest absolute Gasteiger partial charge is 0.126 e. The van der Waals surface area contributed by atoms with E-state index in [1.807, 2.05) is 0 Å². The highest BCUT2D eigenvalue weighted by atomic mass is 35.5. The zero-order chi connectivity index (χ0) is 8.39. The average molecular weight is 181 g/mol. The van der Waals surface area contributed by atoms with Crippen molar-refractivity contribution in [3.8, 4) is 0 Å². The van der Waals surface area contributed by atoms with Crippen LogP contribution in [0.5, 0.6) is 0 Å². The Bertz CT molecular complexity index is 242. The smallest absolute Gasteiger partial charge is 0.0254 e. The summed E-state index contributed by atoms with van der Waals surface area (Å²) in [7, 11) is 0. The molecule has 1 aliphatic carbocycles. The highest BCUT2D eigenvalue weighted by molar-refractivity contribution is 6.18. The Balaban J connectivity index is 1.89. The van der Waals surface area contributed by atoms with Gasteiger partial charge in [0.15, 0.2) is 0 Å². The minimum Gasteiger partial charge on any atom is -0.126 e. The van der Waals surface area contributed by atoms with E-state index in [-0.39, 0.29) is 0 Å². The van der Waals surface area contributed by atoms with E-state index in [0.717, 1.165) is 17.7 Å². The molecule has 12 heavy (non-hydrogen) atoms. The highest BCUT2D eigenvalue weighted by Crippen LogP contribution is 2.41. The van der Waals surface area contributed by atoms with Crippen LogP contribution in [-0.4, -0.2) is 5.88 Å². The molecule has 1 aliphatic rings. The molecule has 0 N–H and O–H groups in total. The van der Waals surface area contributed by atoms with Gasteiger partial charge in [0.2, 0.25) is 0 Å². The molecule has 0 aliphatic heterocycles. The van der Waals surface area contributed by atoms with Gasteiger partial charge in [0.05, 0.1) is 0 Å². The first kappa shape index (κ1) is 8.12. The van der Waals surface area contributed by atoms with Crippen molar-refractivity contribution >= 4 is 11.6 Å². The van der Waals surface area contributed by atoms with Crippen LogP contribution in [0.2, 0.25) is 0 Å². The quantitative estimate of drug-likeness (QED) is 0.628. The van der Waals surface area contributed by atoms with Gasteiger partial charge < -0.3 is 0 Å². The molecule has 1 fully saturated rings. The summed E-state index contributed by atoms with van der Waals surface area (Å²) in [6.07, 6.45) is 2.55. The molecule has 0 radical (unpaired) electrons. The minimum atomic E-state index is 0.798. The molecule has 64 valence electrons. The third-order valence-corrected chi connectivity index (χ3v) is 3.00. The van der Waals surface area contributed by atoms with Gasteiger partial charge in [-0.15, -0.1) is 11.6 Å². The lowest BCUT2D eigenvalue weighted by Crippen LogP contribution is -1.89. The van der Waals surface area contributed by atoms with Crippen LogP contribution in [-0.2, 0) is 6.42 Å². The van der Waals surface area contributed by atoms with Gasteiger partial charge in [-0.25, -0.2) is 0 Å². The van der Waals surface area contributed by atoms with Crippen molar-refractivity contribution in [3.63, 3.8) is 0 Å². The van der Waals surface area contributed by atoms with E-state index in [0.29, 0.717) is 0 Å². The summed E-state index contributed by atoms with van der Waals surface area (Å²) >= 11 is 5.76. The average Bonchev–Trinajstić information content (AvgIpc) is 2.85. The summed E-state index contributed by atoms with van der Waals surface area (Å²) in [5, 5.41) is 0. The molecule has 0 bridgehead atoms. The zero-order valence-electron chi connectivity index (χ0n) is 7.04. The fraction of sp³-hybridized carbons (Fsp3) is 0.455. The van der Waals surface area contributed by atoms with Crippen molar-refractivity contribution in [2.45, 2.75) is 12.8 Å². The minimum absolute atomic E-state index is 0.798. The summed E-state index contributed by atoms with van der Waals surface area (Å²) in [4.78, 5) is 0. The molecular weight excluding hydrogens is 168 g/mol. The van der Waals surface area contributed by atoms with Crippen molar-refractivity contribution in [3.05, 3.63) is 35.9 Å². The number of hydrogen-bond donors (Lipinski definition) is 0. The number of halogens is 1. The van der Waals surface area contributed by atoms with Gasteiger partial charge in [-0.3, -0.25) is 0 Å². The summed E-state index contributed by atoms with van der Waals surface area (Å²) in [6, 6.07) is 10.7. The molecule has 0 spiro atoms. The van der Waals surface area contributed by atoms with Crippen LogP contribution in [0.1, 0.15) is 12.0 Å². The van der Waals surface area contributed by atoms with E-state index in [1.54, 1.807) is 0 Å². The van der Waals surface area contributed by atoms with E-state index in [1.165, 1.54) is 18.4 Å². The molecular formula is C11H13Cl. The summed E-state index contributed by atoms with van der Waals surface area (Å²) in [5.41, 5.74) is 1.45. The molecule has 0 saturated heterocycles. The zero-order valence-corrected chi connectivity index (χ0v) is 7.80.